The van der Waals surface area contributed by atoms with Gasteiger partial charge in [-0.25, -0.2) is 0 Å². The zero-order chi connectivity index (χ0) is 36.0. The van der Waals surface area contributed by atoms with Gasteiger partial charge >= 0.3 is 6.85 Å². The summed E-state index contributed by atoms with van der Waals surface area (Å²) < 4.78 is 16.1. The number of aryl methyl sites for hydroxylation is 1. The Morgan fingerprint density at radius 3 is 2.07 bits per heavy atom. The molecule has 12 rings (SSSR count). The molecule has 0 unspecified atom stereocenters. The summed E-state index contributed by atoms with van der Waals surface area (Å²) >= 11 is 0. The Labute approximate surface area is 312 Å². The van der Waals surface area contributed by atoms with Crippen LogP contribution in [0.25, 0.3) is 77.2 Å². The lowest BCUT2D eigenvalue weighted by molar-refractivity contribution is 0.590. The zero-order valence-corrected chi connectivity index (χ0v) is 30.6. The average Bonchev–Trinajstić information content (AvgIpc) is 3.86. The molecule has 2 aliphatic rings. The highest BCUT2D eigenvalue weighted by Gasteiger charge is 2.45. The second-order valence-corrected chi connectivity index (χ2v) is 16.2. The fraction of sp³-hybridized carbons (Fsp3) is 0.102. The fourth-order valence-corrected chi connectivity index (χ4v) is 9.62. The third-order valence-electron chi connectivity index (χ3n) is 12.0. The number of nitrogens with zero attached hydrogens (tertiary/aromatic N) is 2. The van der Waals surface area contributed by atoms with Crippen LogP contribution in [0.1, 0.15) is 31.9 Å². The van der Waals surface area contributed by atoms with E-state index in [1.165, 1.54) is 66.3 Å². The summed E-state index contributed by atoms with van der Waals surface area (Å²) in [5, 5.41) is 5.79. The third-order valence-corrected chi connectivity index (χ3v) is 12.0. The smallest absolute Gasteiger partial charge is 0.336 e. The minimum atomic E-state index is -0.135. The molecule has 0 aliphatic carbocycles. The number of hydrogen-bond donors (Lipinski definition) is 0. The van der Waals surface area contributed by atoms with E-state index in [1.807, 2.05) is 0 Å². The summed E-state index contributed by atoms with van der Waals surface area (Å²) in [6, 6.07) is 51.0. The number of aromatic nitrogens is 1. The molecule has 256 valence electrons. The van der Waals surface area contributed by atoms with E-state index in [2.05, 4.69) is 177 Å². The highest BCUT2D eigenvalue weighted by atomic mass is 16.3. The zero-order valence-electron chi connectivity index (χ0n) is 30.6. The molecule has 10 aromatic rings. The Morgan fingerprint density at radius 2 is 1.28 bits per heavy atom. The molecule has 0 fully saturated rings. The van der Waals surface area contributed by atoms with Gasteiger partial charge in [-0.1, -0.05) is 124 Å². The summed E-state index contributed by atoms with van der Waals surface area (Å²) in [5.74, 6) is 0. The Morgan fingerprint density at radius 1 is 0.556 bits per heavy atom. The van der Waals surface area contributed by atoms with E-state index in [9.17, 15) is 0 Å². The van der Waals surface area contributed by atoms with Crippen LogP contribution in [0.3, 0.4) is 0 Å². The molecule has 0 N–H and O–H groups in total. The van der Waals surface area contributed by atoms with Crippen molar-refractivity contribution in [3.63, 3.8) is 0 Å². The van der Waals surface area contributed by atoms with E-state index < -0.39 is 0 Å². The Bertz CT molecular complexity index is 3230. The molecule has 0 atom stereocenters. The predicted molar refractivity (Wildman–Crippen MR) is 226 cm³/mol. The van der Waals surface area contributed by atoms with Crippen LogP contribution in [-0.4, -0.2) is 11.3 Å². The largest absolute Gasteiger partial charge is 0.456 e. The van der Waals surface area contributed by atoms with Crippen molar-refractivity contribution >= 4 is 89.7 Å². The number of fused-ring (bicyclic) bond motifs is 13. The van der Waals surface area contributed by atoms with Gasteiger partial charge in [0, 0.05) is 38.5 Å². The van der Waals surface area contributed by atoms with E-state index in [-0.39, 0.29) is 12.3 Å². The molecular weight excluding hydrogens is 659 g/mol. The van der Waals surface area contributed by atoms with Crippen LogP contribution >= 0.6 is 0 Å². The van der Waals surface area contributed by atoms with Crippen molar-refractivity contribution in [2.24, 2.45) is 0 Å². The van der Waals surface area contributed by atoms with Crippen molar-refractivity contribution in [3.05, 3.63) is 151 Å². The van der Waals surface area contributed by atoms with Crippen LogP contribution in [0.4, 0.5) is 17.1 Å². The lowest BCUT2D eigenvalue weighted by Crippen LogP contribution is -2.56. The van der Waals surface area contributed by atoms with Gasteiger partial charge in [-0.15, -0.1) is 0 Å². The van der Waals surface area contributed by atoms with Gasteiger partial charge in [0.25, 0.3) is 0 Å². The van der Waals surface area contributed by atoms with Crippen LogP contribution in [0.2, 0.25) is 0 Å². The van der Waals surface area contributed by atoms with Gasteiger partial charge in [0.15, 0.2) is 5.71 Å². The number of benzene rings is 7. The highest BCUT2D eigenvalue weighted by molar-refractivity contribution is 6.90. The van der Waals surface area contributed by atoms with Gasteiger partial charge in [0.05, 0.1) is 22.1 Å². The first kappa shape index (κ1) is 30.1. The molecule has 5 heteroatoms. The van der Waals surface area contributed by atoms with Crippen molar-refractivity contribution in [1.29, 1.82) is 0 Å². The minimum absolute atomic E-state index is 0.0229. The normalized spacial score (nSPS) is 13.5. The van der Waals surface area contributed by atoms with Crippen LogP contribution in [-0.2, 0) is 5.41 Å². The van der Waals surface area contributed by atoms with Gasteiger partial charge in [-0.2, -0.15) is 0 Å². The van der Waals surface area contributed by atoms with E-state index in [1.54, 1.807) is 0 Å². The van der Waals surface area contributed by atoms with Crippen molar-refractivity contribution in [3.8, 4) is 22.3 Å². The Balaban J connectivity index is 1.28. The summed E-state index contributed by atoms with van der Waals surface area (Å²) in [7, 11) is 0. The molecule has 5 heterocycles. The van der Waals surface area contributed by atoms with E-state index in [0.717, 1.165) is 50.0 Å². The molecule has 0 amide bonds. The van der Waals surface area contributed by atoms with Crippen LogP contribution in [0.15, 0.2) is 148 Å². The third kappa shape index (κ3) is 3.83. The first-order valence-electron chi connectivity index (χ1n) is 18.9. The maximum atomic E-state index is 6.91. The molecule has 0 saturated carbocycles. The van der Waals surface area contributed by atoms with Gasteiger partial charge < -0.3 is 18.2 Å². The van der Waals surface area contributed by atoms with E-state index in [4.69, 9.17) is 8.83 Å². The van der Waals surface area contributed by atoms with Gasteiger partial charge in [-0.05, 0) is 81.9 Å². The molecular formula is C49H35BN2O2. The number of rotatable bonds is 2. The van der Waals surface area contributed by atoms with Crippen molar-refractivity contribution in [2.45, 2.75) is 33.1 Å². The molecule has 7 aromatic carbocycles. The van der Waals surface area contributed by atoms with Crippen LogP contribution in [0, 0.1) is 6.92 Å². The van der Waals surface area contributed by atoms with Gasteiger partial charge in [0.2, 0.25) is 0 Å². The number of anilines is 3. The summed E-state index contributed by atoms with van der Waals surface area (Å²) in [6.07, 6.45) is 0. The monoisotopic (exact) mass is 694 g/mol. The number of hydrogen-bond acceptors (Lipinski definition) is 3. The maximum absolute atomic E-state index is 6.91. The lowest BCUT2D eigenvalue weighted by Gasteiger charge is -2.41. The first-order chi connectivity index (χ1) is 26.3. The highest BCUT2D eigenvalue weighted by Crippen LogP contribution is 2.51. The van der Waals surface area contributed by atoms with Crippen LogP contribution in [0.5, 0.6) is 0 Å². The molecule has 0 saturated heterocycles. The number of furan rings is 2. The van der Waals surface area contributed by atoms with E-state index >= 15 is 0 Å². The SMILES string of the molecule is Cc1cc2c3c(c1)N(c1ccc(C(C)(C)C)cc1-c1ccccc1)c1c(ccc4oc5ccccc5c14)B3n1c3oc4ccccc4c3c3cccc-2c31. The summed E-state index contributed by atoms with van der Waals surface area (Å²) in [5.41, 5.74) is 18.2. The minimum Gasteiger partial charge on any atom is -0.456 e. The quantitative estimate of drug-likeness (QED) is 0.169. The van der Waals surface area contributed by atoms with Gasteiger partial charge in [0.1, 0.15) is 16.7 Å². The fourth-order valence-electron chi connectivity index (χ4n) is 9.62. The molecule has 2 aliphatic heterocycles. The molecule has 54 heavy (non-hydrogen) atoms. The maximum Gasteiger partial charge on any atom is 0.336 e. The average molecular weight is 695 g/mol. The molecule has 0 bridgehead atoms. The molecule has 0 spiro atoms. The van der Waals surface area contributed by atoms with Crippen LogP contribution < -0.4 is 15.8 Å². The second-order valence-electron chi connectivity index (χ2n) is 16.2. The Kier molecular flexibility index (Phi) is 5.76. The summed E-state index contributed by atoms with van der Waals surface area (Å²) in [6.45, 7) is 8.99. The lowest BCUT2D eigenvalue weighted by atomic mass is 9.45. The van der Waals surface area contributed by atoms with Crippen molar-refractivity contribution in [2.75, 3.05) is 4.90 Å². The van der Waals surface area contributed by atoms with Crippen molar-refractivity contribution in [1.82, 2.24) is 4.48 Å². The Hall–Kier alpha value is -6.46. The molecule has 4 nitrogen and oxygen atoms in total. The predicted octanol–water partition coefficient (Wildman–Crippen LogP) is 12.1. The number of para-hydroxylation sites is 3. The molecule has 3 aromatic heterocycles. The summed E-state index contributed by atoms with van der Waals surface area (Å²) in [4.78, 5) is 2.56. The standard InChI is InChI=1S/C49H35BN2O2/c1-28-25-36-31-17-12-18-34-43-32-15-8-11-20-41(32)54-48(43)52(46(31)34)50-37-22-24-42-44(33-16-9-10-19-40(33)53-42)47(37)51(39(26-28)45(36)50)38-23-21-30(49(2,3)4)27-35(38)29-13-6-5-7-14-29/h5-27H,1-4H3. The van der Waals surface area contributed by atoms with Crippen molar-refractivity contribution < 1.29 is 8.83 Å². The molecule has 0 radical (unpaired) electrons. The van der Waals surface area contributed by atoms with E-state index in [0.29, 0.717) is 0 Å². The second kappa shape index (κ2) is 10.4. The van der Waals surface area contributed by atoms with Gasteiger partial charge in [-0.3, -0.25) is 0 Å². The topological polar surface area (TPSA) is 34.5 Å². The first-order valence-corrected chi connectivity index (χ1v) is 18.9.